The van der Waals surface area contributed by atoms with E-state index in [9.17, 15) is 13.2 Å². The molecule has 2 aliphatic heterocycles. The van der Waals surface area contributed by atoms with E-state index in [0.29, 0.717) is 12.1 Å². The molecule has 1 fully saturated rings. The monoisotopic (exact) mass is 478 g/mol. The summed E-state index contributed by atoms with van der Waals surface area (Å²) in [4.78, 5) is 20.5. The van der Waals surface area contributed by atoms with Gasteiger partial charge in [0, 0.05) is 30.7 Å². The van der Waals surface area contributed by atoms with E-state index in [1.807, 2.05) is 42.5 Å². The van der Waals surface area contributed by atoms with Crippen LogP contribution in [0.5, 0.6) is 0 Å². The first kappa shape index (κ1) is 22.8. The van der Waals surface area contributed by atoms with Crippen LogP contribution >= 0.6 is 0 Å². The average Bonchev–Trinajstić information content (AvgIpc) is 2.83. The minimum Gasteiger partial charge on any atom is -0.357 e. The zero-order valence-electron chi connectivity index (χ0n) is 19.6. The van der Waals surface area contributed by atoms with Crippen molar-refractivity contribution in [1.82, 2.24) is 9.29 Å². The zero-order valence-corrected chi connectivity index (χ0v) is 20.4. The molecule has 0 bridgehead atoms. The number of fused-ring (bicyclic) bond motifs is 2. The number of anilines is 2. The number of aromatic nitrogens is 1. The Bertz CT molecular complexity index is 1350. The number of sulfonamides is 1. The molecule has 2 aromatic carbocycles. The molecule has 1 N–H and O–H groups in total. The van der Waals surface area contributed by atoms with Crippen LogP contribution in [0.1, 0.15) is 36.0 Å². The molecule has 5 rings (SSSR count). The summed E-state index contributed by atoms with van der Waals surface area (Å²) in [6.45, 7) is 4.33. The van der Waals surface area contributed by atoms with Crippen LogP contribution in [0.2, 0.25) is 0 Å². The molecule has 34 heavy (non-hydrogen) atoms. The Morgan fingerprint density at radius 3 is 2.50 bits per heavy atom. The van der Waals surface area contributed by atoms with Gasteiger partial charge >= 0.3 is 0 Å². The lowest BCUT2D eigenvalue weighted by Gasteiger charge is -2.34. The van der Waals surface area contributed by atoms with Gasteiger partial charge in [-0.1, -0.05) is 24.3 Å². The third-order valence-electron chi connectivity index (χ3n) is 6.88. The second-order valence-electron chi connectivity index (χ2n) is 9.36. The quantitative estimate of drug-likeness (QED) is 0.616. The Kier molecular flexibility index (Phi) is 6.04. The maximum atomic E-state index is 13.3. The summed E-state index contributed by atoms with van der Waals surface area (Å²) in [5.74, 6) is 0.681. The fourth-order valence-electron chi connectivity index (χ4n) is 5.04. The van der Waals surface area contributed by atoms with Crippen LogP contribution in [-0.2, 0) is 27.8 Å². The molecule has 1 amide bonds. The summed E-state index contributed by atoms with van der Waals surface area (Å²) < 4.78 is 26.3. The molecule has 1 aromatic heterocycles. The van der Waals surface area contributed by atoms with Crippen LogP contribution in [-0.4, -0.2) is 49.0 Å². The van der Waals surface area contributed by atoms with E-state index >= 15 is 0 Å². The molecule has 0 aliphatic carbocycles. The lowest BCUT2D eigenvalue weighted by atomic mass is 9.95. The summed E-state index contributed by atoms with van der Waals surface area (Å²) in [5, 5.41) is 3.94. The van der Waals surface area contributed by atoms with Crippen LogP contribution in [0.4, 0.5) is 11.5 Å². The number of rotatable bonds is 4. The Hall–Kier alpha value is -2.97. The van der Waals surface area contributed by atoms with Gasteiger partial charge in [0.2, 0.25) is 15.9 Å². The number of nitrogens with zero attached hydrogens (tertiary/aromatic N) is 3. The Balaban J connectivity index is 1.40. The lowest BCUT2D eigenvalue weighted by Crippen LogP contribution is -2.50. The van der Waals surface area contributed by atoms with E-state index in [-0.39, 0.29) is 12.5 Å². The molecule has 0 spiro atoms. The smallest absolute Gasteiger partial charge is 0.243 e. The summed E-state index contributed by atoms with van der Waals surface area (Å²) in [6.07, 6.45) is 5.17. The van der Waals surface area contributed by atoms with Gasteiger partial charge in [-0.05, 0) is 73.6 Å². The van der Waals surface area contributed by atoms with E-state index in [4.69, 9.17) is 4.98 Å². The molecule has 0 radical (unpaired) electrons. The van der Waals surface area contributed by atoms with Crippen molar-refractivity contribution < 1.29 is 13.2 Å². The first-order valence-corrected chi connectivity index (χ1v) is 13.7. The normalized spacial score (nSPS) is 19.1. The van der Waals surface area contributed by atoms with Gasteiger partial charge in [0.25, 0.3) is 0 Å². The van der Waals surface area contributed by atoms with Gasteiger partial charge in [-0.3, -0.25) is 4.79 Å². The van der Waals surface area contributed by atoms with Crippen molar-refractivity contribution >= 4 is 38.3 Å². The van der Waals surface area contributed by atoms with Gasteiger partial charge < -0.3 is 10.2 Å². The number of aryl methyl sites for hydroxylation is 1. The van der Waals surface area contributed by atoms with Gasteiger partial charge in [0.15, 0.2) is 0 Å². The molecule has 2 aliphatic rings. The number of hydrogen-bond donors (Lipinski definition) is 1. The Morgan fingerprint density at radius 2 is 1.76 bits per heavy atom. The Morgan fingerprint density at radius 1 is 1.03 bits per heavy atom. The van der Waals surface area contributed by atoms with E-state index < -0.39 is 16.1 Å². The van der Waals surface area contributed by atoms with E-state index in [2.05, 4.69) is 23.2 Å². The van der Waals surface area contributed by atoms with Crippen molar-refractivity contribution in [3.63, 3.8) is 0 Å². The zero-order chi connectivity index (χ0) is 23.9. The fourth-order valence-corrected chi connectivity index (χ4v) is 6.04. The van der Waals surface area contributed by atoms with Crippen LogP contribution in [0, 0.1) is 6.92 Å². The molecule has 1 unspecified atom stereocenters. The minimum absolute atomic E-state index is 0.202. The molecule has 3 aromatic rings. The second kappa shape index (κ2) is 9.00. The van der Waals surface area contributed by atoms with Crippen molar-refractivity contribution in [2.24, 2.45) is 0 Å². The molecule has 1 atom stereocenters. The van der Waals surface area contributed by atoms with Gasteiger partial charge in [0.1, 0.15) is 11.9 Å². The number of amides is 1. The molecule has 178 valence electrons. The largest absolute Gasteiger partial charge is 0.357 e. The predicted octanol–water partition coefficient (Wildman–Crippen LogP) is 3.86. The SMILES string of the molecule is Cc1cc(N2CCCCC2)nc2ccc(NC(=O)C3Cc4ccccc4CN3S(C)(=O)=O)cc12. The minimum atomic E-state index is -3.55. The number of hydrogen-bond acceptors (Lipinski definition) is 5. The fraction of sp³-hybridized carbons (Fsp3) is 0.385. The van der Waals surface area contributed by atoms with Crippen LogP contribution in [0.15, 0.2) is 48.5 Å². The first-order chi connectivity index (χ1) is 16.3. The molecular formula is C26H30N4O3S. The number of carbonyl (C=O) groups is 1. The number of pyridine rings is 1. The van der Waals surface area contributed by atoms with E-state index in [1.165, 1.54) is 23.6 Å². The second-order valence-corrected chi connectivity index (χ2v) is 11.3. The third-order valence-corrected chi connectivity index (χ3v) is 8.12. The highest BCUT2D eigenvalue weighted by Crippen LogP contribution is 2.29. The van der Waals surface area contributed by atoms with Gasteiger partial charge in [-0.25, -0.2) is 13.4 Å². The maximum absolute atomic E-state index is 13.3. The molecule has 3 heterocycles. The van der Waals surface area contributed by atoms with Gasteiger partial charge in [-0.2, -0.15) is 4.31 Å². The first-order valence-electron chi connectivity index (χ1n) is 11.8. The highest BCUT2D eigenvalue weighted by Gasteiger charge is 2.36. The molecule has 8 heteroatoms. The summed E-state index contributed by atoms with van der Waals surface area (Å²) in [7, 11) is -3.55. The summed E-state index contributed by atoms with van der Waals surface area (Å²) in [6, 6.07) is 14.7. The number of benzene rings is 2. The molecular weight excluding hydrogens is 448 g/mol. The topological polar surface area (TPSA) is 82.6 Å². The lowest BCUT2D eigenvalue weighted by molar-refractivity contribution is -0.120. The van der Waals surface area contributed by atoms with Gasteiger partial charge in [0.05, 0.1) is 11.8 Å². The standard InChI is InChI=1S/C26H30N4O3S/c1-18-14-25(29-12-6-3-7-13-29)28-23-11-10-21(16-22(18)23)27-26(31)24-15-19-8-4-5-9-20(19)17-30(24)34(2,32)33/h4-5,8-11,14,16,24H,3,6-7,12-13,15,17H2,1-2H3,(H,27,31). The third kappa shape index (κ3) is 4.52. The highest BCUT2D eigenvalue weighted by molar-refractivity contribution is 7.88. The summed E-state index contributed by atoms with van der Waals surface area (Å²) in [5.41, 5.74) is 4.58. The molecule has 1 saturated heterocycles. The number of piperidine rings is 1. The van der Waals surface area contributed by atoms with Crippen molar-refractivity contribution in [3.05, 3.63) is 65.2 Å². The molecule has 0 saturated carbocycles. The van der Waals surface area contributed by atoms with Crippen LogP contribution < -0.4 is 10.2 Å². The highest BCUT2D eigenvalue weighted by atomic mass is 32.2. The van der Waals surface area contributed by atoms with Crippen LogP contribution in [0.25, 0.3) is 10.9 Å². The van der Waals surface area contributed by atoms with E-state index in [1.54, 1.807) is 0 Å². The van der Waals surface area contributed by atoms with Crippen molar-refractivity contribution in [1.29, 1.82) is 0 Å². The van der Waals surface area contributed by atoms with Crippen molar-refractivity contribution in [2.75, 3.05) is 29.6 Å². The number of nitrogens with one attached hydrogen (secondary N) is 1. The van der Waals surface area contributed by atoms with Crippen LogP contribution in [0.3, 0.4) is 0 Å². The van der Waals surface area contributed by atoms with Crippen molar-refractivity contribution in [3.8, 4) is 0 Å². The molecule has 7 nitrogen and oxygen atoms in total. The average molecular weight is 479 g/mol. The summed E-state index contributed by atoms with van der Waals surface area (Å²) >= 11 is 0. The predicted molar refractivity (Wildman–Crippen MR) is 135 cm³/mol. The van der Waals surface area contributed by atoms with Crippen molar-refractivity contribution in [2.45, 2.75) is 45.2 Å². The Labute approximate surface area is 200 Å². The van der Waals surface area contributed by atoms with E-state index in [0.717, 1.165) is 52.8 Å². The van der Waals surface area contributed by atoms with Gasteiger partial charge in [-0.15, -0.1) is 0 Å². The maximum Gasteiger partial charge on any atom is 0.243 e. The number of carbonyl (C=O) groups excluding carboxylic acids is 1.